The highest BCUT2D eigenvalue weighted by Crippen LogP contribution is 2.22. The zero-order valence-corrected chi connectivity index (χ0v) is 18.2. The predicted molar refractivity (Wildman–Crippen MR) is 114 cm³/mol. The second kappa shape index (κ2) is 9.19. The summed E-state index contributed by atoms with van der Waals surface area (Å²) in [5.41, 5.74) is 4.09. The quantitative estimate of drug-likeness (QED) is 0.724. The largest absolute Gasteiger partial charge is 0.332 e. The van der Waals surface area contributed by atoms with Crippen LogP contribution in [0.5, 0.6) is 0 Å². The van der Waals surface area contributed by atoms with Crippen molar-refractivity contribution < 1.29 is 18.0 Å². The van der Waals surface area contributed by atoms with Gasteiger partial charge in [0.2, 0.25) is 15.9 Å². The SMILES string of the molecule is CCNS(=O)(=O)c1ccc(C(=O)N(C)CC(=O)Nc2c(C)cc(C)cc2C)cc1. The topological polar surface area (TPSA) is 95.6 Å². The second-order valence-corrected chi connectivity index (χ2v) is 8.78. The van der Waals surface area contributed by atoms with Crippen molar-refractivity contribution in [3.63, 3.8) is 0 Å². The van der Waals surface area contributed by atoms with E-state index in [0.29, 0.717) is 5.56 Å². The van der Waals surface area contributed by atoms with Crippen molar-refractivity contribution in [2.45, 2.75) is 32.6 Å². The van der Waals surface area contributed by atoms with Crippen LogP contribution in [0.1, 0.15) is 34.0 Å². The fourth-order valence-corrected chi connectivity index (χ4v) is 4.15. The molecule has 2 aromatic rings. The van der Waals surface area contributed by atoms with Crippen LogP contribution in [0.25, 0.3) is 0 Å². The smallest absolute Gasteiger partial charge is 0.254 e. The zero-order chi connectivity index (χ0) is 21.8. The van der Waals surface area contributed by atoms with Gasteiger partial charge in [-0.15, -0.1) is 0 Å². The first-order valence-corrected chi connectivity index (χ1v) is 10.8. The maximum atomic E-state index is 12.6. The molecule has 0 unspecified atom stereocenters. The molecule has 0 saturated heterocycles. The number of hydrogen-bond acceptors (Lipinski definition) is 4. The van der Waals surface area contributed by atoms with Crippen LogP contribution >= 0.6 is 0 Å². The van der Waals surface area contributed by atoms with E-state index in [1.807, 2.05) is 32.9 Å². The molecule has 156 valence electrons. The van der Waals surface area contributed by atoms with Gasteiger partial charge in [0, 0.05) is 24.8 Å². The number of nitrogens with zero attached hydrogens (tertiary/aromatic N) is 1. The lowest BCUT2D eigenvalue weighted by Gasteiger charge is -2.18. The van der Waals surface area contributed by atoms with Crippen LogP contribution < -0.4 is 10.0 Å². The Hall–Kier alpha value is -2.71. The third kappa shape index (κ3) is 5.65. The molecule has 2 aromatic carbocycles. The van der Waals surface area contributed by atoms with Gasteiger partial charge in [-0.3, -0.25) is 9.59 Å². The number of amides is 2. The Kier molecular flexibility index (Phi) is 7.16. The molecule has 0 saturated carbocycles. The summed E-state index contributed by atoms with van der Waals surface area (Å²) < 4.78 is 26.4. The van der Waals surface area contributed by atoms with Crippen molar-refractivity contribution in [3.8, 4) is 0 Å². The number of carbonyl (C=O) groups is 2. The molecule has 0 radical (unpaired) electrons. The van der Waals surface area contributed by atoms with E-state index in [2.05, 4.69) is 10.0 Å². The van der Waals surface area contributed by atoms with Gasteiger partial charge in [0.25, 0.3) is 5.91 Å². The highest BCUT2D eigenvalue weighted by atomic mass is 32.2. The minimum atomic E-state index is -3.58. The first-order valence-electron chi connectivity index (χ1n) is 9.28. The van der Waals surface area contributed by atoms with E-state index in [4.69, 9.17) is 0 Å². The number of nitrogens with one attached hydrogen (secondary N) is 2. The maximum Gasteiger partial charge on any atom is 0.254 e. The number of likely N-dealkylation sites (N-methyl/N-ethyl adjacent to an activating group) is 1. The molecular weight excluding hydrogens is 390 g/mol. The lowest BCUT2D eigenvalue weighted by atomic mass is 10.1. The third-order valence-electron chi connectivity index (χ3n) is 4.41. The monoisotopic (exact) mass is 417 g/mol. The first kappa shape index (κ1) is 22.6. The van der Waals surface area contributed by atoms with E-state index >= 15 is 0 Å². The number of hydrogen-bond donors (Lipinski definition) is 2. The van der Waals surface area contributed by atoms with Crippen LogP contribution in [0.15, 0.2) is 41.3 Å². The van der Waals surface area contributed by atoms with Crippen LogP contribution in [0, 0.1) is 20.8 Å². The zero-order valence-electron chi connectivity index (χ0n) is 17.4. The molecule has 8 heteroatoms. The minimum Gasteiger partial charge on any atom is -0.332 e. The Labute approximate surface area is 172 Å². The Morgan fingerprint density at radius 3 is 2.07 bits per heavy atom. The van der Waals surface area contributed by atoms with E-state index in [0.717, 1.165) is 22.4 Å². The van der Waals surface area contributed by atoms with Gasteiger partial charge in [0.05, 0.1) is 11.4 Å². The second-order valence-electron chi connectivity index (χ2n) is 7.01. The van der Waals surface area contributed by atoms with Crippen LogP contribution in [0.3, 0.4) is 0 Å². The highest BCUT2D eigenvalue weighted by molar-refractivity contribution is 7.89. The summed E-state index contributed by atoms with van der Waals surface area (Å²) in [6.45, 7) is 7.69. The molecule has 2 N–H and O–H groups in total. The van der Waals surface area contributed by atoms with Crippen LogP contribution in [0.2, 0.25) is 0 Å². The van der Waals surface area contributed by atoms with Crippen LogP contribution in [-0.4, -0.2) is 45.3 Å². The number of benzene rings is 2. The average Bonchev–Trinajstić information content (AvgIpc) is 2.64. The molecule has 0 spiro atoms. The van der Waals surface area contributed by atoms with Crippen molar-refractivity contribution in [2.75, 3.05) is 25.5 Å². The molecule has 0 fully saturated rings. The van der Waals surface area contributed by atoms with E-state index < -0.39 is 10.0 Å². The first-order chi connectivity index (χ1) is 13.5. The number of anilines is 1. The van der Waals surface area contributed by atoms with E-state index in [1.165, 1.54) is 36.2 Å². The van der Waals surface area contributed by atoms with E-state index in [9.17, 15) is 18.0 Å². The van der Waals surface area contributed by atoms with Gasteiger partial charge in [-0.1, -0.05) is 24.6 Å². The molecule has 0 atom stereocenters. The molecule has 0 bridgehead atoms. The summed E-state index contributed by atoms with van der Waals surface area (Å²) in [4.78, 5) is 26.4. The highest BCUT2D eigenvalue weighted by Gasteiger charge is 2.18. The Balaban J connectivity index is 2.06. The Morgan fingerprint density at radius 2 is 1.55 bits per heavy atom. The van der Waals surface area contributed by atoms with Crippen molar-refractivity contribution >= 4 is 27.5 Å². The van der Waals surface area contributed by atoms with Gasteiger partial charge in [-0.25, -0.2) is 13.1 Å². The maximum absolute atomic E-state index is 12.6. The molecule has 0 aliphatic heterocycles. The standard InChI is InChI=1S/C21H27N3O4S/c1-6-22-29(27,28)18-9-7-17(8-10-18)21(26)24(5)13-19(25)23-20-15(3)11-14(2)12-16(20)4/h7-12,22H,6,13H2,1-5H3,(H,23,25). The van der Waals surface area contributed by atoms with Crippen molar-refractivity contribution in [2.24, 2.45) is 0 Å². The number of rotatable bonds is 7. The number of sulfonamides is 1. The normalized spacial score (nSPS) is 11.2. The molecule has 0 heterocycles. The number of carbonyl (C=O) groups excluding carboxylic acids is 2. The molecule has 0 aromatic heterocycles. The van der Waals surface area contributed by atoms with Gasteiger partial charge in [0.1, 0.15) is 0 Å². The van der Waals surface area contributed by atoms with E-state index in [1.54, 1.807) is 6.92 Å². The summed E-state index contributed by atoms with van der Waals surface area (Å²) in [6.07, 6.45) is 0. The Bertz CT molecular complexity index is 992. The van der Waals surface area contributed by atoms with Gasteiger partial charge in [-0.2, -0.15) is 0 Å². The summed E-state index contributed by atoms with van der Waals surface area (Å²) in [6, 6.07) is 9.60. The molecular formula is C21H27N3O4S. The third-order valence-corrected chi connectivity index (χ3v) is 5.98. The average molecular weight is 418 g/mol. The lowest BCUT2D eigenvalue weighted by molar-refractivity contribution is -0.116. The summed E-state index contributed by atoms with van der Waals surface area (Å²) in [5.74, 6) is -0.674. The summed E-state index contributed by atoms with van der Waals surface area (Å²) in [5, 5.41) is 2.87. The predicted octanol–water partition coefficient (Wildman–Crippen LogP) is 2.62. The van der Waals surface area contributed by atoms with Crippen LogP contribution in [0.4, 0.5) is 5.69 Å². The minimum absolute atomic E-state index is 0.0848. The molecule has 7 nitrogen and oxygen atoms in total. The molecule has 2 amide bonds. The van der Waals surface area contributed by atoms with E-state index in [-0.39, 0.29) is 29.8 Å². The molecule has 0 aliphatic rings. The van der Waals surface area contributed by atoms with Crippen molar-refractivity contribution in [3.05, 3.63) is 58.7 Å². The molecule has 29 heavy (non-hydrogen) atoms. The fraction of sp³-hybridized carbons (Fsp3) is 0.333. The summed E-state index contributed by atoms with van der Waals surface area (Å²) >= 11 is 0. The number of aryl methyl sites for hydroxylation is 3. The van der Waals surface area contributed by atoms with Crippen LogP contribution in [-0.2, 0) is 14.8 Å². The molecule has 2 rings (SSSR count). The van der Waals surface area contributed by atoms with Gasteiger partial charge < -0.3 is 10.2 Å². The molecule has 0 aliphatic carbocycles. The van der Waals surface area contributed by atoms with Gasteiger partial charge >= 0.3 is 0 Å². The fourth-order valence-electron chi connectivity index (χ4n) is 3.11. The van der Waals surface area contributed by atoms with Gasteiger partial charge in [-0.05, 0) is 56.2 Å². The Morgan fingerprint density at radius 1 is 1.00 bits per heavy atom. The summed E-state index contributed by atoms with van der Waals surface area (Å²) in [7, 11) is -2.05. The van der Waals surface area contributed by atoms with Crippen molar-refractivity contribution in [1.82, 2.24) is 9.62 Å². The van der Waals surface area contributed by atoms with Gasteiger partial charge in [0.15, 0.2) is 0 Å². The van der Waals surface area contributed by atoms with Crippen molar-refractivity contribution in [1.29, 1.82) is 0 Å². The lowest BCUT2D eigenvalue weighted by Crippen LogP contribution is -2.35.